The number of anilines is 1. The molecule has 2 unspecified atom stereocenters. The number of Topliss-reactive ketones (excluding diaryl/α,β-unsaturated/α-hetero) is 1. The maximum Gasteiger partial charge on any atom is 0.471 e. The lowest BCUT2D eigenvalue weighted by atomic mass is 9.72. The van der Waals surface area contributed by atoms with Gasteiger partial charge in [-0.05, 0) is 13.0 Å². The summed E-state index contributed by atoms with van der Waals surface area (Å²) in [5.74, 6) is -7.18. The number of halogens is 3. The highest BCUT2D eigenvalue weighted by Gasteiger charge is 2.47. The zero-order valence-electron chi connectivity index (χ0n) is 17.3. The van der Waals surface area contributed by atoms with Crippen LogP contribution in [-0.4, -0.2) is 55.5 Å². The summed E-state index contributed by atoms with van der Waals surface area (Å²) in [6, 6.07) is 3.14. The fraction of sp³-hybridized carbons (Fsp3) is 0.273. The van der Waals surface area contributed by atoms with Crippen molar-refractivity contribution in [1.82, 2.24) is 0 Å². The van der Waals surface area contributed by atoms with Gasteiger partial charge in [-0.1, -0.05) is 12.1 Å². The van der Waals surface area contributed by atoms with Gasteiger partial charge in [-0.2, -0.15) is 13.2 Å². The minimum atomic E-state index is -5.29. The lowest BCUT2D eigenvalue weighted by molar-refractivity contribution is -0.167. The van der Waals surface area contributed by atoms with Crippen molar-refractivity contribution >= 4 is 28.9 Å². The minimum Gasteiger partial charge on any atom is -0.507 e. The van der Waals surface area contributed by atoms with Crippen LogP contribution >= 0.6 is 0 Å². The molecule has 0 spiro atoms. The molecule has 2 aliphatic carbocycles. The number of fused-ring (bicyclic) bond motifs is 3. The third kappa shape index (κ3) is 3.25. The Morgan fingerprint density at radius 3 is 2.26 bits per heavy atom. The quantitative estimate of drug-likeness (QED) is 0.347. The van der Waals surface area contributed by atoms with E-state index in [9.17, 15) is 52.8 Å². The van der Waals surface area contributed by atoms with E-state index in [1.54, 1.807) is 0 Å². The van der Waals surface area contributed by atoms with Gasteiger partial charge in [0.25, 0.3) is 0 Å². The molecule has 9 nitrogen and oxygen atoms in total. The molecule has 2 atom stereocenters. The number of aliphatic hydroxyl groups excluding tert-OH is 1. The van der Waals surface area contributed by atoms with E-state index >= 15 is 0 Å². The molecule has 4 rings (SSSR count). The van der Waals surface area contributed by atoms with Gasteiger partial charge in [0.05, 0.1) is 28.5 Å². The standard InChI is InChI=1S/C22H16F3NO8/c1-7(27)21(34)5-9-13(11(28)6-21)19(32)15-14(17(9)30)16(29)8-3-2-4-10(12(8)18(15)31)26-20(33)22(23,24)25/h2-4,11,28,30,32,34H,5-6H2,1H3,(H,26,33). The Morgan fingerprint density at radius 2 is 1.68 bits per heavy atom. The molecular formula is C22H16F3NO8. The van der Waals surface area contributed by atoms with Crippen molar-refractivity contribution in [1.29, 1.82) is 0 Å². The second kappa shape index (κ2) is 7.37. The van der Waals surface area contributed by atoms with E-state index in [0.717, 1.165) is 25.1 Å². The van der Waals surface area contributed by atoms with Gasteiger partial charge in [0.15, 0.2) is 17.3 Å². The Hall–Kier alpha value is -3.77. The predicted molar refractivity (Wildman–Crippen MR) is 107 cm³/mol. The number of benzene rings is 2. The maximum atomic E-state index is 13.3. The SMILES string of the molecule is CC(=O)C1(O)Cc2c(O)c3c(c(O)c2C(O)C1)C(=O)c1c(NC(=O)C(F)(F)F)cccc1C3=O. The summed E-state index contributed by atoms with van der Waals surface area (Å²) in [6.45, 7) is 1.05. The van der Waals surface area contributed by atoms with Crippen molar-refractivity contribution in [3.05, 3.63) is 51.6 Å². The van der Waals surface area contributed by atoms with Crippen LogP contribution in [0.5, 0.6) is 11.5 Å². The van der Waals surface area contributed by atoms with Gasteiger partial charge >= 0.3 is 12.1 Å². The Bertz CT molecular complexity index is 1320. The Kier molecular flexibility index (Phi) is 5.07. The zero-order valence-corrected chi connectivity index (χ0v) is 17.3. The number of hydrogen-bond donors (Lipinski definition) is 5. The first-order chi connectivity index (χ1) is 15.7. The average molecular weight is 479 g/mol. The van der Waals surface area contributed by atoms with Crippen molar-refractivity contribution in [3.63, 3.8) is 0 Å². The molecule has 178 valence electrons. The number of phenolic OH excluding ortho intramolecular Hbond substituents is 2. The molecule has 0 radical (unpaired) electrons. The van der Waals surface area contributed by atoms with Crippen LogP contribution in [0, 0.1) is 0 Å². The number of amides is 1. The molecule has 2 aromatic carbocycles. The summed E-state index contributed by atoms with van der Waals surface area (Å²) in [5, 5.41) is 44.2. The molecule has 2 aliphatic rings. The van der Waals surface area contributed by atoms with E-state index in [4.69, 9.17) is 0 Å². The van der Waals surface area contributed by atoms with E-state index in [1.165, 1.54) is 5.32 Å². The van der Waals surface area contributed by atoms with Crippen molar-refractivity contribution in [2.24, 2.45) is 0 Å². The molecule has 5 N–H and O–H groups in total. The number of carbonyl (C=O) groups is 4. The van der Waals surface area contributed by atoms with Crippen LogP contribution in [0.4, 0.5) is 18.9 Å². The summed E-state index contributed by atoms with van der Waals surface area (Å²) < 4.78 is 38.2. The zero-order chi connectivity index (χ0) is 25.3. The molecule has 0 fully saturated rings. The summed E-state index contributed by atoms with van der Waals surface area (Å²) in [5.41, 5.74) is -6.06. The van der Waals surface area contributed by atoms with Gasteiger partial charge in [-0.15, -0.1) is 0 Å². The number of rotatable bonds is 2. The smallest absolute Gasteiger partial charge is 0.471 e. The molecule has 0 bridgehead atoms. The second-order valence-corrected chi connectivity index (χ2v) is 8.16. The van der Waals surface area contributed by atoms with Crippen LogP contribution in [0.25, 0.3) is 0 Å². The van der Waals surface area contributed by atoms with Crippen LogP contribution in [0.3, 0.4) is 0 Å². The van der Waals surface area contributed by atoms with E-state index < -0.39 is 99.0 Å². The molecule has 2 aromatic rings. The second-order valence-electron chi connectivity index (χ2n) is 8.16. The van der Waals surface area contributed by atoms with Crippen LogP contribution in [0.15, 0.2) is 18.2 Å². The molecule has 0 aromatic heterocycles. The number of ketones is 3. The average Bonchev–Trinajstić information content (AvgIpc) is 2.73. The third-order valence-corrected chi connectivity index (χ3v) is 6.07. The van der Waals surface area contributed by atoms with Crippen LogP contribution in [-0.2, 0) is 16.0 Å². The van der Waals surface area contributed by atoms with E-state index in [1.807, 2.05) is 0 Å². The number of alkyl halides is 3. The van der Waals surface area contributed by atoms with Crippen LogP contribution < -0.4 is 5.32 Å². The lowest BCUT2D eigenvalue weighted by Gasteiger charge is -2.36. The van der Waals surface area contributed by atoms with Gasteiger partial charge < -0.3 is 25.7 Å². The first-order valence-electron chi connectivity index (χ1n) is 9.81. The van der Waals surface area contributed by atoms with Gasteiger partial charge in [-0.25, -0.2) is 0 Å². The minimum absolute atomic E-state index is 0.321. The van der Waals surface area contributed by atoms with Gasteiger partial charge in [0.2, 0.25) is 0 Å². The first-order valence-corrected chi connectivity index (χ1v) is 9.81. The summed E-state index contributed by atoms with van der Waals surface area (Å²) in [7, 11) is 0. The Morgan fingerprint density at radius 1 is 1.06 bits per heavy atom. The maximum absolute atomic E-state index is 13.3. The fourth-order valence-electron chi connectivity index (χ4n) is 4.37. The molecule has 0 saturated heterocycles. The van der Waals surface area contributed by atoms with Crippen molar-refractivity contribution in [3.8, 4) is 11.5 Å². The van der Waals surface area contributed by atoms with Gasteiger partial charge in [0.1, 0.15) is 17.1 Å². The monoisotopic (exact) mass is 479 g/mol. The molecule has 0 saturated carbocycles. The van der Waals surface area contributed by atoms with Gasteiger partial charge in [0, 0.05) is 29.5 Å². The van der Waals surface area contributed by atoms with E-state index in [-0.39, 0.29) is 5.56 Å². The van der Waals surface area contributed by atoms with Crippen molar-refractivity contribution < 1.29 is 52.8 Å². The highest BCUT2D eigenvalue weighted by Crippen LogP contribution is 2.50. The topological polar surface area (TPSA) is 161 Å². The summed E-state index contributed by atoms with van der Waals surface area (Å²) >= 11 is 0. The van der Waals surface area contributed by atoms with Gasteiger partial charge in [-0.3, -0.25) is 19.2 Å². The van der Waals surface area contributed by atoms with Crippen molar-refractivity contribution in [2.45, 2.75) is 37.6 Å². The molecule has 34 heavy (non-hydrogen) atoms. The molecule has 1 amide bonds. The normalized spacial score (nSPS) is 21.4. The number of hydrogen-bond acceptors (Lipinski definition) is 8. The Balaban J connectivity index is 1.94. The third-order valence-electron chi connectivity index (χ3n) is 6.07. The van der Waals surface area contributed by atoms with E-state index in [2.05, 4.69) is 0 Å². The Labute approximate surface area is 188 Å². The van der Waals surface area contributed by atoms with Crippen molar-refractivity contribution in [2.75, 3.05) is 5.32 Å². The van der Waals surface area contributed by atoms with E-state index in [0.29, 0.717) is 0 Å². The number of aliphatic hydroxyl groups is 2. The highest BCUT2D eigenvalue weighted by molar-refractivity contribution is 6.32. The summed E-state index contributed by atoms with van der Waals surface area (Å²) in [4.78, 5) is 49.8. The lowest BCUT2D eigenvalue weighted by Crippen LogP contribution is -2.44. The summed E-state index contributed by atoms with van der Waals surface area (Å²) in [6.07, 6.45) is -8.16. The number of nitrogens with one attached hydrogen (secondary N) is 1. The molecule has 12 heteroatoms. The molecule has 0 aliphatic heterocycles. The fourth-order valence-corrected chi connectivity index (χ4v) is 4.37. The molecular weight excluding hydrogens is 463 g/mol. The highest BCUT2D eigenvalue weighted by atomic mass is 19.4. The number of carbonyl (C=O) groups excluding carboxylic acids is 4. The molecule has 0 heterocycles. The largest absolute Gasteiger partial charge is 0.507 e. The predicted octanol–water partition coefficient (Wildman–Crippen LogP) is 1.67. The number of phenols is 2. The first kappa shape index (κ1) is 23.4. The van der Waals surface area contributed by atoms with Crippen LogP contribution in [0.1, 0.15) is 62.4 Å². The number of aromatic hydroxyl groups is 2. The van der Waals surface area contributed by atoms with Crippen LogP contribution in [0.2, 0.25) is 0 Å².